The number of hydrogen-bond donors (Lipinski definition) is 1. The Morgan fingerprint density at radius 2 is 1.80 bits per heavy atom. The molecule has 1 atom stereocenters. The van der Waals surface area contributed by atoms with Gasteiger partial charge in [0.1, 0.15) is 0 Å². The van der Waals surface area contributed by atoms with Crippen LogP contribution in [-0.4, -0.2) is 9.78 Å². The zero-order valence-electron chi connectivity index (χ0n) is 13.1. The van der Waals surface area contributed by atoms with Crippen LogP contribution in [0.1, 0.15) is 51.4 Å². The molecule has 20 heavy (non-hydrogen) atoms. The zero-order chi connectivity index (χ0) is 14.9. The number of nitrogens with zero attached hydrogens (tertiary/aromatic N) is 2. The Balaban J connectivity index is 2.42. The molecule has 1 aromatic heterocycles. The fraction of sp³-hybridized carbons (Fsp3) is 0.471. The number of aryl methyl sites for hydroxylation is 1. The molecular weight excluding hydrogens is 246 g/mol. The average Bonchev–Trinajstić information content (AvgIpc) is 2.80. The highest BCUT2D eigenvalue weighted by Crippen LogP contribution is 2.32. The Labute approximate surface area is 121 Å². The van der Waals surface area contributed by atoms with Gasteiger partial charge in [-0.05, 0) is 17.5 Å². The molecule has 1 unspecified atom stereocenters. The summed E-state index contributed by atoms with van der Waals surface area (Å²) in [5.41, 5.74) is 10.8. The van der Waals surface area contributed by atoms with Crippen molar-refractivity contribution in [2.75, 3.05) is 0 Å². The van der Waals surface area contributed by atoms with Crippen molar-refractivity contribution >= 4 is 0 Å². The van der Waals surface area contributed by atoms with E-state index < -0.39 is 0 Å². The Hall–Kier alpha value is -1.61. The van der Waals surface area contributed by atoms with Crippen LogP contribution in [0.5, 0.6) is 0 Å². The summed E-state index contributed by atoms with van der Waals surface area (Å²) in [4.78, 5) is 0. The first-order valence-corrected chi connectivity index (χ1v) is 7.23. The second-order valence-electron chi connectivity index (χ2n) is 6.45. The standard InChI is InChI=1S/C17H25N3/c1-6-15(18)13-9-7-12(8-10-13)14-11-20(5)19-16(14)17(2,3)4/h7-11,15H,6,18H2,1-5H3. The smallest absolute Gasteiger partial charge is 0.0756 e. The summed E-state index contributed by atoms with van der Waals surface area (Å²) in [5.74, 6) is 0. The SMILES string of the molecule is CCC(N)c1ccc(-c2cn(C)nc2C(C)(C)C)cc1. The largest absolute Gasteiger partial charge is 0.324 e. The molecular formula is C17H25N3. The zero-order valence-corrected chi connectivity index (χ0v) is 13.1. The molecule has 0 fully saturated rings. The van der Waals surface area contributed by atoms with E-state index in [0.717, 1.165) is 12.1 Å². The number of rotatable bonds is 3. The van der Waals surface area contributed by atoms with E-state index in [-0.39, 0.29) is 11.5 Å². The fourth-order valence-corrected chi connectivity index (χ4v) is 2.40. The summed E-state index contributed by atoms with van der Waals surface area (Å²) in [6.07, 6.45) is 3.05. The summed E-state index contributed by atoms with van der Waals surface area (Å²) in [7, 11) is 1.97. The van der Waals surface area contributed by atoms with Crippen molar-refractivity contribution in [2.45, 2.75) is 45.6 Å². The normalized spacial score (nSPS) is 13.5. The highest BCUT2D eigenvalue weighted by Gasteiger charge is 2.22. The average molecular weight is 271 g/mol. The van der Waals surface area contributed by atoms with Crippen molar-refractivity contribution in [1.29, 1.82) is 0 Å². The van der Waals surface area contributed by atoms with Gasteiger partial charge in [-0.2, -0.15) is 5.10 Å². The monoisotopic (exact) mass is 271 g/mol. The van der Waals surface area contributed by atoms with Crippen molar-refractivity contribution < 1.29 is 0 Å². The highest BCUT2D eigenvalue weighted by atomic mass is 15.3. The maximum atomic E-state index is 6.07. The van der Waals surface area contributed by atoms with E-state index in [1.807, 2.05) is 11.7 Å². The Morgan fingerprint density at radius 1 is 1.20 bits per heavy atom. The molecule has 0 spiro atoms. The number of aromatic nitrogens is 2. The van der Waals surface area contributed by atoms with E-state index >= 15 is 0 Å². The van der Waals surface area contributed by atoms with Crippen LogP contribution in [-0.2, 0) is 12.5 Å². The fourth-order valence-electron chi connectivity index (χ4n) is 2.40. The summed E-state index contributed by atoms with van der Waals surface area (Å²) in [6.45, 7) is 8.69. The molecule has 2 aromatic rings. The molecule has 0 amide bonds. The predicted octanol–water partition coefficient (Wildman–Crippen LogP) is 3.79. The third-order valence-corrected chi connectivity index (χ3v) is 3.63. The van der Waals surface area contributed by atoms with Crippen LogP contribution < -0.4 is 5.73 Å². The molecule has 1 heterocycles. The topological polar surface area (TPSA) is 43.8 Å². The second-order valence-corrected chi connectivity index (χ2v) is 6.45. The van der Waals surface area contributed by atoms with E-state index in [4.69, 9.17) is 5.73 Å². The summed E-state index contributed by atoms with van der Waals surface area (Å²) in [5, 5.41) is 4.62. The van der Waals surface area contributed by atoms with Crippen LogP contribution in [0.25, 0.3) is 11.1 Å². The third kappa shape index (κ3) is 2.93. The van der Waals surface area contributed by atoms with Crippen LogP contribution in [0.2, 0.25) is 0 Å². The molecule has 0 aliphatic carbocycles. The molecule has 0 saturated carbocycles. The van der Waals surface area contributed by atoms with Gasteiger partial charge in [0.2, 0.25) is 0 Å². The molecule has 3 nitrogen and oxygen atoms in total. The van der Waals surface area contributed by atoms with Crippen LogP contribution in [0.15, 0.2) is 30.5 Å². The van der Waals surface area contributed by atoms with Crippen molar-refractivity contribution in [1.82, 2.24) is 9.78 Å². The minimum absolute atomic E-state index is 0.0368. The lowest BCUT2D eigenvalue weighted by atomic mass is 9.87. The predicted molar refractivity (Wildman–Crippen MR) is 84.6 cm³/mol. The van der Waals surface area contributed by atoms with Crippen LogP contribution >= 0.6 is 0 Å². The van der Waals surface area contributed by atoms with Gasteiger partial charge in [-0.1, -0.05) is 52.0 Å². The van der Waals surface area contributed by atoms with Crippen molar-refractivity contribution in [3.63, 3.8) is 0 Å². The maximum absolute atomic E-state index is 6.07. The Bertz CT molecular complexity index is 573. The van der Waals surface area contributed by atoms with Crippen molar-refractivity contribution in [3.05, 3.63) is 41.7 Å². The Kier molecular flexibility index (Phi) is 4.00. The molecule has 3 heteroatoms. The molecule has 2 rings (SSSR count). The summed E-state index contributed by atoms with van der Waals surface area (Å²) in [6, 6.07) is 8.68. The van der Waals surface area contributed by atoms with Gasteiger partial charge < -0.3 is 5.73 Å². The Morgan fingerprint density at radius 3 is 2.30 bits per heavy atom. The van der Waals surface area contributed by atoms with Gasteiger partial charge in [-0.25, -0.2) is 0 Å². The first-order chi connectivity index (χ1) is 9.32. The van der Waals surface area contributed by atoms with Crippen LogP contribution in [0, 0.1) is 0 Å². The van der Waals surface area contributed by atoms with Crippen LogP contribution in [0.3, 0.4) is 0 Å². The van der Waals surface area contributed by atoms with Crippen molar-refractivity contribution in [3.8, 4) is 11.1 Å². The highest BCUT2D eigenvalue weighted by molar-refractivity contribution is 5.66. The van der Waals surface area contributed by atoms with E-state index in [2.05, 4.69) is 63.3 Å². The van der Waals surface area contributed by atoms with Gasteiger partial charge in [-0.3, -0.25) is 4.68 Å². The van der Waals surface area contributed by atoms with Gasteiger partial charge in [-0.15, -0.1) is 0 Å². The minimum Gasteiger partial charge on any atom is -0.324 e. The molecule has 0 aliphatic heterocycles. The summed E-state index contributed by atoms with van der Waals surface area (Å²) >= 11 is 0. The van der Waals surface area contributed by atoms with E-state index in [1.165, 1.54) is 16.7 Å². The lowest BCUT2D eigenvalue weighted by Gasteiger charge is -2.18. The summed E-state index contributed by atoms with van der Waals surface area (Å²) < 4.78 is 1.89. The van der Waals surface area contributed by atoms with E-state index in [9.17, 15) is 0 Å². The van der Waals surface area contributed by atoms with Crippen molar-refractivity contribution in [2.24, 2.45) is 12.8 Å². The number of benzene rings is 1. The second kappa shape index (κ2) is 5.41. The lowest BCUT2D eigenvalue weighted by molar-refractivity contribution is 0.554. The first-order valence-electron chi connectivity index (χ1n) is 7.23. The minimum atomic E-state index is 0.0368. The van der Waals surface area contributed by atoms with Gasteiger partial charge in [0.15, 0.2) is 0 Å². The van der Waals surface area contributed by atoms with Gasteiger partial charge in [0.05, 0.1) is 5.69 Å². The molecule has 2 N–H and O–H groups in total. The molecule has 0 radical (unpaired) electrons. The molecule has 0 aliphatic rings. The third-order valence-electron chi connectivity index (χ3n) is 3.63. The molecule has 1 aromatic carbocycles. The molecule has 0 saturated heterocycles. The number of nitrogens with two attached hydrogens (primary N) is 1. The van der Waals surface area contributed by atoms with Gasteiger partial charge >= 0.3 is 0 Å². The molecule has 0 bridgehead atoms. The van der Waals surface area contributed by atoms with Gasteiger partial charge in [0.25, 0.3) is 0 Å². The quantitative estimate of drug-likeness (QED) is 0.923. The maximum Gasteiger partial charge on any atom is 0.0756 e. The lowest BCUT2D eigenvalue weighted by Crippen LogP contribution is -2.13. The number of hydrogen-bond acceptors (Lipinski definition) is 2. The van der Waals surface area contributed by atoms with Crippen LogP contribution in [0.4, 0.5) is 0 Å². The molecule has 108 valence electrons. The first kappa shape index (κ1) is 14.8. The van der Waals surface area contributed by atoms with Gasteiger partial charge in [0, 0.05) is 30.3 Å². The van der Waals surface area contributed by atoms with E-state index in [0.29, 0.717) is 0 Å². The van der Waals surface area contributed by atoms with E-state index in [1.54, 1.807) is 0 Å².